The van der Waals surface area contributed by atoms with Crippen molar-refractivity contribution in [2.24, 2.45) is 5.10 Å². The largest absolute Gasteiger partial charge is 0.497 e. The van der Waals surface area contributed by atoms with Gasteiger partial charge in [-0.2, -0.15) is 5.10 Å². The minimum atomic E-state index is -0.310. The van der Waals surface area contributed by atoms with Gasteiger partial charge in [0, 0.05) is 10.0 Å². The zero-order chi connectivity index (χ0) is 21.3. The van der Waals surface area contributed by atoms with Crippen molar-refractivity contribution < 1.29 is 19.0 Å². The fraction of sp³-hybridized carbons (Fsp3) is 0.130. The highest BCUT2D eigenvalue weighted by Gasteiger charge is 2.07. The van der Waals surface area contributed by atoms with Crippen LogP contribution in [0.25, 0.3) is 0 Å². The van der Waals surface area contributed by atoms with Crippen LogP contribution in [0.1, 0.15) is 21.5 Å². The normalized spacial score (nSPS) is 10.6. The summed E-state index contributed by atoms with van der Waals surface area (Å²) < 4.78 is 17.4. The Hall–Kier alpha value is -3.32. The fourth-order valence-electron chi connectivity index (χ4n) is 2.60. The first-order valence-corrected chi connectivity index (χ1v) is 9.91. The standard InChI is InChI=1S/C23H21BrN2O4/c1-28-20-10-6-18(7-11-20)23(27)26-25-14-17-5-12-21(22(13-17)29-2)30-15-16-3-8-19(24)9-4-16/h3-14H,15H2,1-2H3,(H,26,27)/b25-14-. The fourth-order valence-corrected chi connectivity index (χ4v) is 2.86. The van der Waals surface area contributed by atoms with Gasteiger partial charge in [-0.25, -0.2) is 5.43 Å². The number of amides is 1. The number of nitrogens with one attached hydrogen (secondary N) is 1. The second-order valence-corrected chi connectivity index (χ2v) is 7.17. The lowest BCUT2D eigenvalue weighted by Gasteiger charge is -2.11. The third-order valence-electron chi connectivity index (χ3n) is 4.23. The van der Waals surface area contributed by atoms with E-state index in [4.69, 9.17) is 14.2 Å². The molecule has 3 aromatic rings. The molecule has 0 aliphatic heterocycles. The second-order valence-electron chi connectivity index (χ2n) is 6.25. The lowest BCUT2D eigenvalue weighted by Crippen LogP contribution is -2.17. The topological polar surface area (TPSA) is 69.2 Å². The monoisotopic (exact) mass is 468 g/mol. The second kappa shape index (κ2) is 10.5. The average molecular weight is 469 g/mol. The molecule has 0 spiro atoms. The van der Waals surface area contributed by atoms with E-state index in [2.05, 4.69) is 26.5 Å². The molecule has 3 aromatic carbocycles. The van der Waals surface area contributed by atoms with Crippen molar-refractivity contribution in [2.45, 2.75) is 6.61 Å². The summed E-state index contributed by atoms with van der Waals surface area (Å²) in [6.45, 7) is 0.426. The van der Waals surface area contributed by atoms with Gasteiger partial charge in [-0.05, 0) is 65.7 Å². The molecule has 0 radical (unpaired) electrons. The number of hydrogen-bond acceptors (Lipinski definition) is 5. The predicted octanol–water partition coefficient (Wildman–Crippen LogP) is 4.81. The van der Waals surface area contributed by atoms with Crippen LogP contribution in [0, 0.1) is 0 Å². The van der Waals surface area contributed by atoms with Crippen LogP contribution in [-0.2, 0) is 6.61 Å². The van der Waals surface area contributed by atoms with Crippen molar-refractivity contribution >= 4 is 28.1 Å². The van der Waals surface area contributed by atoms with Crippen LogP contribution < -0.4 is 19.6 Å². The summed E-state index contributed by atoms with van der Waals surface area (Å²) in [5.74, 6) is 1.58. The van der Waals surface area contributed by atoms with Crippen molar-refractivity contribution in [3.05, 3.63) is 87.9 Å². The SMILES string of the molecule is COc1ccc(C(=O)N/N=C\c2ccc(OCc3ccc(Br)cc3)c(OC)c2)cc1. The molecule has 0 aliphatic rings. The third-order valence-corrected chi connectivity index (χ3v) is 4.76. The van der Waals surface area contributed by atoms with E-state index < -0.39 is 0 Å². The summed E-state index contributed by atoms with van der Waals surface area (Å²) in [5.41, 5.74) is 4.80. The van der Waals surface area contributed by atoms with Crippen LogP contribution >= 0.6 is 15.9 Å². The van der Waals surface area contributed by atoms with Gasteiger partial charge < -0.3 is 14.2 Å². The molecular weight excluding hydrogens is 448 g/mol. The molecule has 0 aromatic heterocycles. The molecule has 0 atom stereocenters. The smallest absolute Gasteiger partial charge is 0.271 e. The molecular formula is C23H21BrN2O4. The highest BCUT2D eigenvalue weighted by molar-refractivity contribution is 9.10. The lowest BCUT2D eigenvalue weighted by atomic mass is 10.2. The van der Waals surface area contributed by atoms with Crippen molar-refractivity contribution in [3.63, 3.8) is 0 Å². The number of ether oxygens (including phenoxy) is 3. The third kappa shape index (κ3) is 5.84. The number of nitrogens with zero attached hydrogens (tertiary/aromatic N) is 1. The van der Waals surface area contributed by atoms with Crippen LogP contribution in [0.5, 0.6) is 17.2 Å². The molecule has 0 saturated heterocycles. The Labute approximate surface area is 183 Å². The summed E-state index contributed by atoms with van der Waals surface area (Å²) in [4.78, 5) is 12.1. The molecule has 0 heterocycles. The molecule has 0 bridgehead atoms. The van der Waals surface area contributed by atoms with E-state index >= 15 is 0 Å². The molecule has 0 unspecified atom stereocenters. The molecule has 0 aliphatic carbocycles. The van der Waals surface area contributed by atoms with Crippen LogP contribution in [-0.4, -0.2) is 26.3 Å². The molecule has 3 rings (SSSR count). The van der Waals surface area contributed by atoms with Crippen LogP contribution in [0.4, 0.5) is 0 Å². The Balaban J connectivity index is 1.60. The number of carbonyl (C=O) groups excluding carboxylic acids is 1. The zero-order valence-corrected chi connectivity index (χ0v) is 18.2. The maximum absolute atomic E-state index is 12.1. The Morgan fingerprint density at radius 2 is 1.70 bits per heavy atom. The molecule has 0 saturated carbocycles. The summed E-state index contributed by atoms with van der Waals surface area (Å²) in [7, 11) is 3.15. The Bertz CT molecular complexity index is 1020. The van der Waals surface area contributed by atoms with E-state index in [1.54, 1.807) is 50.8 Å². The Morgan fingerprint density at radius 3 is 2.37 bits per heavy atom. The summed E-state index contributed by atoms with van der Waals surface area (Å²) in [6, 6.07) is 20.1. The molecule has 0 fully saturated rings. The van der Waals surface area contributed by atoms with Crippen LogP contribution in [0.3, 0.4) is 0 Å². The first-order valence-electron chi connectivity index (χ1n) is 9.12. The van der Waals surface area contributed by atoms with E-state index in [0.29, 0.717) is 29.4 Å². The van der Waals surface area contributed by atoms with Crippen molar-refractivity contribution in [2.75, 3.05) is 14.2 Å². The van der Waals surface area contributed by atoms with E-state index in [1.165, 1.54) is 0 Å². The minimum absolute atomic E-state index is 0.310. The summed E-state index contributed by atoms with van der Waals surface area (Å²) in [6.07, 6.45) is 1.54. The van der Waals surface area contributed by atoms with Gasteiger partial charge in [0.1, 0.15) is 12.4 Å². The maximum atomic E-state index is 12.1. The average Bonchev–Trinajstić information content (AvgIpc) is 2.79. The number of hydrazone groups is 1. The summed E-state index contributed by atoms with van der Waals surface area (Å²) >= 11 is 3.42. The molecule has 7 heteroatoms. The van der Waals surface area contributed by atoms with Gasteiger partial charge in [-0.1, -0.05) is 28.1 Å². The highest BCUT2D eigenvalue weighted by atomic mass is 79.9. The summed E-state index contributed by atoms with van der Waals surface area (Å²) in [5, 5.41) is 4.01. The number of halogens is 1. The maximum Gasteiger partial charge on any atom is 0.271 e. The van der Waals surface area contributed by atoms with Crippen LogP contribution in [0.2, 0.25) is 0 Å². The van der Waals surface area contributed by atoms with E-state index in [-0.39, 0.29) is 5.91 Å². The van der Waals surface area contributed by atoms with Crippen molar-refractivity contribution in [1.82, 2.24) is 5.43 Å². The highest BCUT2D eigenvalue weighted by Crippen LogP contribution is 2.28. The van der Waals surface area contributed by atoms with E-state index in [1.807, 2.05) is 36.4 Å². The van der Waals surface area contributed by atoms with E-state index in [9.17, 15) is 4.79 Å². The molecule has 30 heavy (non-hydrogen) atoms. The zero-order valence-electron chi connectivity index (χ0n) is 16.6. The molecule has 154 valence electrons. The number of rotatable bonds is 8. The van der Waals surface area contributed by atoms with Gasteiger partial charge in [0.15, 0.2) is 11.5 Å². The number of hydrogen-bond donors (Lipinski definition) is 1. The van der Waals surface area contributed by atoms with Crippen molar-refractivity contribution in [1.29, 1.82) is 0 Å². The van der Waals surface area contributed by atoms with Gasteiger partial charge in [0.25, 0.3) is 5.91 Å². The Kier molecular flexibility index (Phi) is 7.45. The van der Waals surface area contributed by atoms with Gasteiger partial charge >= 0.3 is 0 Å². The molecule has 1 amide bonds. The van der Waals surface area contributed by atoms with Crippen molar-refractivity contribution in [3.8, 4) is 17.2 Å². The first kappa shape index (κ1) is 21.4. The number of carbonyl (C=O) groups is 1. The minimum Gasteiger partial charge on any atom is -0.497 e. The van der Waals surface area contributed by atoms with Crippen LogP contribution in [0.15, 0.2) is 76.3 Å². The first-order chi connectivity index (χ1) is 14.6. The number of benzene rings is 3. The Morgan fingerprint density at radius 1 is 0.967 bits per heavy atom. The van der Waals surface area contributed by atoms with Gasteiger partial charge in [0.05, 0.1) is 20.4 Å². The van der Waals surface area contributed by atoms with Gasteiger partial charge in [0.2, 0.25) is 0 Å². The van der Waals surface area contributed by atoms with Gasteiger partial charge in [-0.15, -0.1) is 0 Å². The molecule has 6 nitrogen and oxygen atoms in total. The number of methoxy groups -OCH3 is 2. The van der Waals surface area contributed by atoms with E-state index in [0.717, 1.165) is 15.6 Å². The van der Waals surface area contributed by atoms with Gasteiger partial charge in [-0.3, -0.25) is 4.79 Å². The predicted molar refractivity (Wildman–Crippen MR) is 120 cm³/mol. The lowest BCUT2D eigenvalue weighted by molar-refractivity contribution is 0.0955. The quantitative estimate of drug-likeness (QED) is 0.380. The molecule has 1 N–H and O–H groups in total.